The average molecular weight is 270 g/mol. The van der Waals surface area contributed by atoms with Gasteiger partial charge in [-0.2, -0.15) is 0 Å². The van der Waals surface area contributed by atoms with Crippen molar-refractivity contribution in [1.82, 2.24) is 14.9 Å². The van der Waals surface area contributed by atoms with Crippen molar-refractivity contribution >= 4 is 11.7 Å². The molecule has 0 aliphatic rings. The molecule has 2 heterocycles. The van der Waals surface area contributed by atoms with Crippen molar-refractivity contribution in [2.24, 2.45) is 0 Å². The maximum absolute atomic E-state index is 12.5. The topological polar surface area (TPSA) is 58.1 Å². The van der Waals surface area contributed by atoms with E-state index in [9.17, 15) is 4.79 Å². The van der Waals surface area contributed by atoms with E-state index < -0.39 is 0 Å². The molecule has 1 amide bonds. The Hall–Kier alpha value is -2.43. The first-order valence-electron chi connectivity index (χ1n) is 6.57. The van der Waals surface area contributed by atoms with Gasteiger partial charge in [0.25, 0.3) is 5.91 Å². The molecule has 2 rings (SSSR count). The highest BCUT2D eigenvalue weighted by Crippen LogP contribution is 2.11. The number of carbonyl (C=O) groups is 1. The van der Waals surface area contributed by atoms with Crippen LogP contribution in [0.4, 0.5) is 5.82 Å². The lowest BCUT2D eigenvalue weighted by Gasteiger charge is -2.20. The smallest absolute Gasteiger partial charge is 0.254 e. The first-order chi connectivity index (χ1) is 9.74. The van der Waals surface area contributed by atoms with Gasteiger partial charge in [-0.3, -0.25) is 9.78 Å². The number of hydrogen-bond donors (Lipinski definition) is 1. The van der Waals surface area contributed by atoms with Gasteiger partial charge in [-0.05, 0) is 31.2 Å². The van der Waals surface area contributed by atoms with Gasteiger partial charge < -0.3 is 10.2 Å². The Morgan fingerprint density at radius 2 is 2.10 bits per heavy atom. The first kappa shape index (κ1) is 14.0. The highest BCUT2D eigenvalue weighted by molar-refractivity contribution is 5.94. The van der Waals surface area contributed by atoms with E-state index >= 15 is 0 Å². The molecule has 0 bridgehead atoms. The monoisotopic (exact) mass is 270 g/mol. The van der Waals surface area contributed by atoms with Gasteiger partial charge in [-0.25, -0.2) is 4.98 Å². The van der Waals surface area contributed by atoms with E-state index in [1.807, 2.05) is 25.1 Å². The molecular weight excluding hydrogens is 252 g/mol. The summed E-state index contributed by atoms with van der Waals surface area (Å²) < 4.78 is 0. The van der Waals surface area contributed by atoms with Crippen LogP contribution >= 0.6 is 0 Å². The average Bonchev–Trinajstić information content (AvgIpc) is 2.53. The van der Waals surface area contributed by atoms with Crippen molar-refractivity contribution in [3.05, 3.63) is 54.0 Å². The van der Waals surface area contributed by atoms with Crippen molar-refractivity contribution in [2.45, 2.75) is 13.5 Å². The van der Waals surface area contributed by atoms with Gasteiger partial charge in [0.05, 0.1) is 12.2 Å². The number of anilines is 1. The number of hydrogen-bond acceptors (Lipinski definition) is 4. The van der Waals surface area contributed by atoms with Crippen LogP contribution in [0.3, 0.4) is 0 Å². The molecule has 0 aliphatic carbocycles. The summed E-state index contributed by atoms with van der Waals surface area (Å²) >= 11 is 0. The Morgan fingerprint density at radius 3 is 2.75 bits per heavy atom. The van der Waals surface area contributed by atoms with E-state index in [-0.39, 0.29) is 5.91 Å². The van der Waals surface area contributed by atoms with Gasteiger partial charge >= 0.3 is 0 Å². The Balaban J connectivity index is 2.16. The van der Waals surface area contributed by atoms with Crippen LogP contribution in [0.5, 0.6) is 0 Å². The third-order valence-electron chi connectivity index (χ3n) is 3.01. The summed E-state index contributed by atoms with van der Waals surface area (Å²) in [6.07, 6.45) is 3.37. The highest BCUT2D eigenvalue weighted by Gasteiger charge is 2.15. The zero-order valence-electron chi connectivity index (χ0n) is 11.7. The predicted octanol–water partition coefficient (Wildman–Crippen LogP) is 2.18. The Bertz CT molecular complexity index is 571. The molecule has 0 spiro atoms. The molecule has 104 valence electrons. The van der Waals surface area contributed by atoms with E-state index in [1.54, 1.807) is 36.5 Å². The van der Waals surface area contributed by atoms with E-state index in [4.69, 9.17) is 0 Å². The van der Waals surface area contributed by atoms with Crippen molar-refractivity contribution in [3.8, 4) is 0 Å². The van der Waals surface area contributed by atoms with Gasteiger partial charge in [0.2, 0.25) is 0 Å². The van der Waals surface area contributed by atoms with Crippen molar-refractivity contribution in [3.63, 3.8) is 0 Å². The van der Waals surface area contributed by atoms with Gasteiger partial charge in [0, 0.05) is 31.5 Å². The number of pyridine rings is 2. The number of aromatic nitrogens is 2. The molecule has 20 heavy (non-hydrogen) atoms. The van der Waals surface area contributed by atoms with Crippen LogP contribution in [0, 0.1) is 0 Å². The number of nitrogens with one attached hydrogen (secondary N) is 1. The second-order valence-corrected chi connectivity index (χ2v) is 4.32. The third kappa shape index (κ3) is 3.32. The molecule has 0 aliphatic heterocycles. The normalized spacial score (nSPS) is 10.1. The van der Waals surface area contributed by atoms with Crippen LogP contribution < -0.4 is 5.32 Å². The van der Waals surface area contributed by atoms with E-state index in [0.29, 0.717) is 24.5 Å². The lowest BCUT2D eigenvalue weighted by atomic mass is 10.2. The molecule has 2 aromatic rings. The van der Waals surface area contributed by atoms with Crippen LogP contribution in [0.15, 0.2) is 42.7 Å². The fourth-order valence-corrected chi connectivity index (χ4v) is 1.90. The molecule has 0 unspecified atom stereocenters. The Morgan fingerprint density at radius 1 is 1.25 bits per heavy atom. The van der Waals surface area contributed by atoms with Crippen LogP contribution in [-0.4, -0.2) is 34.4 Å². The third-order valence-corrected chi connectivity index (χ3v) is 3.01. The van der Waals surface area contributed by atoms with Crippen LogP contribution in [-0.2, 0) is 6.54 Å². The summed E-state index contributed by atoms with van der Waals surface area (Å²) in [7, 11) is 1.78. The Labute approximate surface area is 118 Å². The summed E-state index contributed by atoms with van der Waals surface area (Å²) in [5.74, 6) is 0.668. The summed E-state index contributed by atoms with van der Waals surface area (Å²) in [5, 5.41) is 2.93. The standard InChI is InChI=1S/C15H18N4O/c1-3-19(11-13-6-4-5-8-17-13)15(20)12-7-9-18-14(10-12)16-2/h4-10H,3,11H2,1-2H3,(H,16,18). The molecule has 1 N–H and O–H groups in total. The number of carbonyl (C=O) groups excluding carboxylic acids is 1. The molecule has 0 radical (unpaired) electrons. The number of nitrogens with zero attached hydrogens (tertiary/aromatic N) is 3. The van der Waals surface area contributed by atoms with Crippen molar-refractivity contribution < 1.29 is 4.79 Å². The van der Waals surface area contributed by atoms with E-state index in [1.165, 1.54) is 0 Å². The molecule has 5 nitrogen and oxygen atoms in total. The summed E-state index contributed by atoms with van der Waals surface area (Å²) in [6.45, 7) is 3.10. The molecule has 0 fully saturated rings. The minimum atomic E-state index is -0.0166. The molecule has 5 heteroatoms. The summed E-state index contributed by atoms with van der Waals surface area (Å²) in [5.41, 5.74) is 1.51. The van der Waals surface area contributed by atoms with Crippen LogP contribution in [0.2, 0.25) is 0 Å². The zero-order chi connectivity index (χ0) is 14.4. The summed E-state index contributed by atoms with van der Waals surface area (Å²) in [4.78, 5) is 22.6. The molecule has 2 aromatic heterocycles. The van der Waals surface area contributed by atoms with Gasteiger partial charge in [-0.1, -0.05) is 6.07 Å². The maximum Gasteiger partial charge on any atom is 0.254 e. The van der Waals surface area contributed by atoms with Gasteiger partial charge in [-0.15, -0.1) is 0 Å². The minimum absolute atomic E-state index is 0.0166. The molecule has 0 aromatic carbocycles. The van der Waals surface area contributed by atoms with Gasteiger partial charge in [0.1, 0.15) is 5.82 Å². The van der Waals surface area contributed by atoms with Crippen molar-refractivity contribution in [2.75, 3.05) is 18.9 Å². The molecule has 0 saturated carbocycles. The fourth-order valence-electron chi connectivity index (χ4n) is 1.90. The molecule has 0 saturated heterocycles. The zero-order valence-corrected chi connectivity index (χ0v) is 11.7. The first-order valence-corrected chi connectivity index (χ1v) is 6.57. The second-order valence-electron chi connectivity index (χ2n) is 4.32. The SMILES string of the molecule is CCN(Cc1ccccn1)C(=O)c1ccnc(NC)c1. The maximum atomic E-state index is 12.5. The highest BCUT2D eigenvalue weighted by atomic mass is 16.2. The van der Waals surface area contributed by atoms with E-state index in [0.717, 1.165) is 5.69 Å². The van der Waals surface area contributed by atoms with Gasteiger partial charge in [0.15, 0.2) is 0 Å². The largest absolute Gasteiger partial charge is 0.373 e. The Kier molecular flexibility index (Phi) is 4.65. The van der Waals surface area contributed by atoms with Crippen LogP contribution in [0.25, 0.3) is 0 Å². The minimum Gasteiger partial charge on any atom is -0.373 e. The summed E-state index contributed by atoms with van der Waals surface area (Å²) in [6, 6.07) is 9.19. The molecule has 0 atom stereocenters. The lowest BCUT2D eigenvalue weighted by molar-refractivity contribution is 0.0750. The van der Waals surface area contributed by atoms with Crippen LogP contribution in [0.1, 0.15) is 23.0 Å². The quantitative estimate of drug-likeness (QED) is 0.904. The second kappa shape index (κ2) is 6.65. The molecular formula is C15H18N4O. The number of rotatable bonds is 5. The van der Waals surface area contributed by atoms with Crippen molar-refractivity contribution in [1.29, 1.82) is 0 Å². The lowest BCUT2D eigenvalue weighted by Crippen LogP contribution is -2.30. The van der Waals surface area contributed by atoms with E-state index in [2.05, 4.69) is 15.3 Å². The number of amides is 1. The fraction of sp³-hybridized carbons (Fsp3) is 0.267. The predicted molar refractivity (Wildman–Crippen MR) is 78.4 cm³/mol.